The fourth-order valence-electron chi connectivity index (χ4n) is 6.03. The SMILES string of the molecule is O=C(Nc1cccc(NC(=O)C23CC4CC(CC(C4)C2)C3)c1)c1ccncc1. The molecule has 5 nitrogen and oxygen atoms in total. The van der Waals surface area contributed by atoms with Crippen molar-refractivity contribution < 1.29 is 9.59 Å². The van der Waals surface area contributed by atoms with Gasteiger partial charge in [0.2, 0.25) is 5.91 Å². The molecule has 1 aromatic heterocycles. The molecule has 0 aliphatic heterocycles. The van der Waals surface area contributed by atoms with Crippen LogP contribution in [0.5, 0.6) is 0 Å². The number of carbonyl (C=O) groups is 2. The monoisotopic (exact) mass is 375 g/mol. The first-order valence-corrected chi connectivity index (χ1v) is 10.2. The number of nitrogens with one attached hydrogen (secondary N) is 2. The number of amides is 2. The predicted octanol–water partition coefficient (Wildman–Crippen LogP) is 4.49. The molecule has 0 saturated heterocycles. The van der Waals surface area contributed by atoms with Crippen molar-refractivity contribution in [2.45, 2.75) is 38.5 Å². The molecule has 4 fully saturated rings. The Morgan fingerprint density at radius 3 is 2.04 bits per heavy atom. The lowest BCUT2D eigenvalue weighted by Gasteiger charge is -2.55. The van der Waals surface area contributed by atoms with Crippen molar-refractivity contribution in [1.82, 2.24) is 4.98 Å². The Kier molecular flexibility index (Phi) is 4.18. The molecule has 4 bridgehead atoms. The van der Waals surface area contributed by atoms with Crippen LogP contribution in [0.4, 0.5) is 11.4 Å². The van der Waals surface area contributed by atoms with Gasteiger partial charge in [-0.15, -0.1) is 0 Å². The lowest BCUT2D eigenvalue weighted by atomic mass is 9.49. The van der Waals surface area contributed by atoms with Crippen LogP contribution in [0.2, 0.25) is 0 Å². The molecule has 1 aromatic carbocycles. The molecule has 2 aromatic rings. The van der Waals surface area contributed by atoms with Crippen LogP contribution in [0, 0.1) is 23.2 Å². The Morgan fingerprint density at radius 2 is 1.43 bits per heavy atom. The van der Waals surface area contributed by atoms with Crippen molar-refractivity contribution in [2.24, 2.45) is 23.2 Å². The molecule has 0 spiro atoms. The normalized spacial score (nSPS) is 30.1. The van der Waals surface area contributed by atoms with Crippen LogP contribution >= 0.6 is 0 Å². The fraction of sp³-hybridized carbons (Fsp3) is 0.435. The molecule has 2 N–H and O–H groups in total. The summed E-state index contributed by atoms with van der Waals surface area (Å²) in [5, 5.41) is 6.04. The number of rotatable bonds is 4. The van der Waals surface area contributed by atoms with E-state index in [1.54, 1.807) is 24.5 Å². The average molecular weight is 375 g/mol. The molecule has 0 unspecified atom stereocenters. The predicted molar refractivity (Wildman–Crippen MR) is 108 cm³/mol. The molecule has 0 radical (unpaired) electrons. The summed E-state index contributed by atoms with van der Waals surface area (Å²) in [6, 6.07) is 10.8. The van der Waals surface area contributed by atoms with E-state index < -0.39 is 0 Å². The highest BCUT2D eigenvalue weighted by atomic mass is 16.2. The number of nitrogens with zero attached hydrogens (tertiary/aromatic N) is 1. The summed E-state index contributed by atoms with van der Waals surface area (Å²) in [4.78, 5) is 29.5. The van der Waals surface area contributed by atoms with Gasteiger partial charge in [0.15, 0.2) is 0 Å². The van der Waals surface area contributed by atoms with Gasteiger partial charge in [-0.3, -0.25) is 14.6 Å². The second-order valence-electron chi connectivity index (χ2n) is 8.92. The summed E-state index contributed by atoms with van der Waals surface area (Å²) in [5.74, 6) is 2.20. The number of anilines is 2. The summed E-state index contributed by atoms with van der Waals surface area (Å²) < 4.78 is 0. The van der Waals surface area contributed by atoms with Gasteiger partial charge in [0.25, 0.3) is 5.91 Å². The lowest BCUT2D eigenvalue weighted by Crippen LogP contribution is -2.51. The van der Waals surface area contributed by atoms with E-state index in [4.69, 9.17) is 0 Å². The maximum absolute atomic E-state index is 13.2. The molecule has 0 atom stereocenters. The van der Waals surface area contributed by atoms with Gasteiger partial charge in [-0.2, -0.15) is 0 Å². The highest BCUT2D eigenvalue weighted by molar-refractivity contribution is 6.04. The zero-order valence-corrected chi connectivity index (χ0v) is 15.9. The number of hydrogen-bond donors (Lipinski definition) is 2. The third kappa shape index (κ3) is 3.19. The summed E-state index contributed by atoms with van der Waals surface area (Å²) >= 11 is 0. The average Bonchev–Trinajstić information content (AvgIpc) is 2.68. The summed E-state index contributed by atoms with van der Waals surface area (Å²) in [6.07, 6.45) is 10.3. The van der Waals surface area contributed by atoms with Crippen molar-refractivity contribution >= 4 is 23.2 Å². The van der Waals surface area contributed by atoms with Gasteiger partial charge >= 0.3 is 0 Å². The van der Waals surface area contributed by atoms with Crippen LogP contribution in [-0.2, 0) is 4.79 Å². The molecule has 4 saturated carbocycles. The quantitative estimate of drug-likeness (QED) is 0.827. The molecule has 144 valence electrons. The zero-order valence-electron chi connectivity index (χ0n) is 15.9. The van der Waals surface area contributed by atoms with Crippen LogP contribution in [0.1, 0.15) is 48.9 Å². The fourth-order valence-corrected chi connectivity index (χ4v) is 6.03. The summed E-state index contributed by atoms with van der Waals surface area (Å²) in [6.45, 7) is 0. The lowest BCUT2D eigenvalue weighted by molar-refractivity contribution is -0.140. The molecule has 2 amide bonds. The molecular weight excluding hydrogens is 350 g/mol. The van der Waals surface area contributed by atoms with E-state index in [9.17, 15) is 9.59 Å². The van der Waals surface area contributed by atoms with Gasteiger partial charge in [0.1, 0.15) is 0 Å². The molecular formula is C23H25N3O2. The van der Waals surface area contributed by atoms with Gasteiger partial charge in [-0.1, -0.05) is 6.07 Å². The largest absolute Gasteiger partial charge is 0.326 e. The molecule has 5 heteroatoms. The van der Waals surface area contributed by atoms with Crippen LogP contribution in [0.15, 0.2) is 48.8 Å². The Morgan fingerprint density at radius 1 is 0.857 bits per heavy atom. The third-order valence-corrected chi connectivity index (χ3v) is 6.84. The second kappa shape index (κ2) is 6.73. The van der Waals surface area contributed by atoms with Crippen molar-refractivity contribution in [3.8, 4) is 0 Å². The minimum absolute atomic E-state index is 0.171. The van der Waals surface area contributed by atoms with Crippen molar-refractivity contribution in [2.75, 3.05) is 10.6 Å². The first-order chi connectivity index (χ1) is 13.6. The van der Waals surface area contributed by atoms with Crippen LogP contribution in [-0.4, -0.2) is 16.8 Å². The Labute approximate surface area is 164 Å². The Hall–Kier alpha value is -2.69. The highest BCUT2D eigenvalue weighted by Crippen LogP contribution is 2.60. The minimum atomic E-state index is -0.188. The van der Waals surface area contributed by atoms with Crippen molar-refractivity contribution in [3.05, 3.63) is 54.4 Å². The van der Waals surface area contributed by atoms with Gasteiger partial charge < -0.3 is 10.6 Å². The van der Waals surface area contributed by atoms with Crippen molar-refractivity contribution in [3.63, 3.8) is 0 Å². The molecule has 4 aliphatic carbocycles. The van der Waals surface area contributed by atoms with Crippen LogP contribution in [0.3, 0.4) is 0 Å². The number of pyridine rings is 1. The van der Waals surface area contributed by atoms with Crippen molar-refractivity contribution in [1.29, 1.82) is 0 Å². The first kappa shape index (κ1) is 17.4. The third-order valence-electron chi connectivity index (χ3n) is 6.84. The van der Waals surface area contributed by atoms with Gasteiger partial charge in [0, 0.05) is 29.3 Å². The minimum Gasteiger partial charge on any atom is -0.326 e. The maximum Gasteiger partial charge on any atom is 0.255 e. The Balaban J connectivity index is 1.29. The summed E-state index contributed by atoms with van der Waals surface area (Å²) in [5.41, 5.74) is 1.79. The Bertz CT molecular complexity index is 874. The molecule has 28 heavy (non-hydrogen) atoms. The number of hydrogen-bond acceptors (Lipinski definition) is 3. The van der Waals surface area contributed by atoms with E-state index in [1.807, 2.05) is 24.3 Å². The standard InChI is InChI=1S/C23H25N3O2/c27-21(18-4-6-24-7-5-18)25-19-2-1-3-20(11-19)26-22(28)23-12-15-8-16(13-23)10-17(9-15)14-23/h1-7,11,15-17H,8-10,12-14H2,(H,25,27)(H,26,28). The van der Waals surface area contributed by atoms with E-state index in [-0.39, 0.29) is 17.2 Å². The smallest absolute Gasteiger partial charge is 0.255 e. The molecule has 4 aliphatic rings. The highest BCUT2D eigenvalue weighted by Gasteiger charge is 2.54. The van der Waals surface area contributed by atoms with E-state index in [0.717, 1.165) is 42.7 Å². The number of benzene rings is 1. The molecule has 1 heterocycles. The second-order valence-corrected chi connectivity index (χ2v) is 8.92. The van der Waals surface area contributed by atoms with Crippen LogP contribution in [0.25, 0.3) is 0 Å². The summed E-state index contributed by atoms with van der Waals surface area (Å²) in [7, 11) is 0. The van der Waals surface area contributed by atoms with Gasteiger partial charge in [-0.05, 0) is 86.6 Å². The van der Waals surface area contributed by atoms with Gasteiger partial charge in [-0.25, -0.2) is 0 Å². The number of aromatic nitrogens is 1. The molecule has 6 rings (SSSR count). The maximum atomic E-state index is 13.2. The zero-order chi connectivity index (χ0) is 19.1. The number of carbonyl (C=O) groups excluding carboxylic acids is 2. The topological polar surface area (TPSA) is 71.1 Å². The van der Waals surface area contributed by atoms with E-state index >= 15 is 0 Å². The first-order valence-electron chi connectivity index (χ1n) is 10.2. The van der Waals surface area contributed by atoms with Gasteiger partial charge in [0.05, 0.1) is 5.41 Å². The van der Waals surface area contributed by atoms with E-state index in [2.05, 4.69) is 15.6 Å². The van der Waals surface area contributed by atoms with Crippen LogP contribution < -0.4 is 10.6 Å². The van der Waals surface area contributed by atoms with E-state index in [0.29, 0.717) is 11.3 Å². The van der Waals surface area contributed by atoms with E-state index in [1.165, 1.54) is 19.3 Å².